The van der Waals surface area contributed by atoms with E-state index in [1.54, 1.807) is 17.5 Å². The van der Waals surface area contributed by atoms with E-state index in [1.165, 1.54) is 34.5 Å². The first-order valence-corrected chi connectivity index (χ1v) is 11.4. The lowest BCUT2D eigenvalue weighted by molar-refractivity contribution is -0.132. The number of nitrogens with zero attached hydrogens (tertiary/aromatic N) is 3. The maximum Gasteiger partial charge on any atom is 0.276 e. The number of aromatic nitrogens is 1. The number of anilines is 4. The second-order valence-corrected chi connectivity index (χ2v) is 9.27. The zero-order valence-corrected chi connectivity index (χ0v) is 18.1. The van der Waals surface area contributed by atoms with Gasteiger partial charge in [-0.05, 0) is 30.5 Å². The first kappa shape index (κ1) is 19.9. The number of nitrogens with one attached hydrogen (secondary N) is 1. The van der Waals surface area contributed by atoms with Gasteiger partial charge >= 0.3 is 0 Å². The van der Waals surface area contributed by atoms with Crippen molar-refractivity contribution in [3.63, 3.8) is 0 Å². The molecule has 2 aliphatic rings. The number of carbonyl (C=O) groups is 3. The van der Waals surface area contributed by atoms with Crippen LogP contribution in [0, 0.1) is 0 Å². The zero-order valence-electron chi connectivity index (χ0n) is 16.5. The number of carbonyl (C=O) groups excluding carboxylic acids is 3. The number of hydrogen-bond acceptors (Lipinski definition) is 8. The average Bonchev–Trinajstić information content (AvgIpc) is 3.48. The number of benzene rings is 1. The predicted octanol–water partition coefficient (Wildman–Crippen LogP) is 3.28. The normalized spacial score (nSPS) is 19.9. The Morgan fingerprint density at radius 1 is 1.19 bits per heavy atom. The van der Waals surface area contributed by atoms with Crippen molar-refractivity contribution in [2.24, 2.45) is 0 Å². The summed E-state index contributed by atoms with van der Waals surface area (Å²) in [7, 11) is 0. The smallest absolute Gasteiger partial charge is 0.276 e. The van der Waals surface area contributed by atoms with E-state index in [4.69, 9.17) is 0 Å². The van der Waals surface area contributed by atoms with Gasteiger partial charge in [0, 0.05) is 18.3 Å². The number of aliphatic hydroxyl groups is 1. The van der Waals surface area contributed by atoms with Crippen LogP contribution in [0.4, 0.5) is 22.2 Å². The summed E-state index contributed by atoms with van der Waals surface area (Å²) in [6, 6.07) is 9.10. The molecule has 0 spiro atoms. The number of rotatable bonds is 5. The third-order valence-electron chi connectivity index (χ3n) is 5.59. The molecule has 2 N–H and O–H groups in total. The summed E-state index contributed by atoms with van der Waals surface area (Å²) in [6.45, 7) is 2.07. The minimum Gasteiger partial charge on any atom is -0.380 e. The number of para-hydroxylation sites is 2. The topological polar surface area (TPSA) is 103 Å². The summed E-state index contributed by atoms with van der Waals surface area (Å²) >= 11 is 2.62. The Morgan fingerprint density at radius 3 is 2.77 bits per heavy atom. The molecule has 1 aromatic carbocycles. The van der Waals surface area contributed by atoms with Gasteiger partial charge in [-0.25, -0.2) is 9.88 Å². The van der Waals surface area contributed by atoms with Crippen molar-refractivity contribution in [3.05, 3.63) is 51.7 Å². The summed E-state index contributed by atoms with van der Waals surface area (Å²) in [5.74, 6) is -0.765. The molecule has 2 aliphatic heterocycles. The number of Topliss-reactive ketones (excluding diaryl/α,β-unsaturated/α-hetero) is 1. The van der Waals surface area contributed by atoms with E-state index >= 15 is 0 Å². The number of hydrogen-bond donors (Lipinski definition) is 2. The monoisotopic (exact) mass is 454 g/mol. The summed E-state index contributed by atoms with van der Waals surface area (Å²) < 4.78 is 0. The second kappa shape index (κ2) is 7.26. The van der Waals surface area contributed by atoms with E-state index in [-0.39, 0.29) is 23.9 Å². The third-order valence-corrected chi connectivity index (χ3v) is 7.31. The van der Waals surface area contributed by atoms with Gasteiger partial charge in [0.15, 0.2) is 10.9 Å². The maximum atomic E-state index is 12.8. The van der Waals surface area contributed by atoms with Crippen molar-refractivity contribution in [1.29, 1.82) is 0 Å². The third kappa shape index (κ3) is 3.23. The quantitative estimate of drug-likeness (QED) is 0.613. The Labute approximate surface area is 185 Å². The van der Waals surface area contributed by atoms with Gasteiger partial charge in [0.25, 0.3) is 11.8 Å². The lowest BCUT2D eigenvalue weighted by Crippen LogP contribution is -2.40. The molecule has 0 aliphatic carbocycles. The molecule has 4 heterocycles. The number of β-amino-alcohol motifs (C(OH)–C–C–N with tert-alkyl or cyclic N) is 1. The highest BCUT2D eigenvalue weighted by Gasteiger charge is 2.41. The molecule has 2 aromatic heterocycles. The van der Waals surface area contributed by atoms with Crippen LogP contribution in [0.3, 0.4) is 0 Å². The minimum atomic E-state index is -1.37. The van der Waals surface area contributed by atoms with Crippen LogP contribution < -0.4 is 15.1 Å². The Balaban J connectivity index is 1.34. The lowest BCUT2D eigenvalue weighted by atomic mass is 9.99. The van der Waals surface area contributed by atoms with Gasteiger partial charge in [-0.3, -0.25) is 14.4 Å². The van der Waals surface area contributed by atoms with E-state index < -0.39 is 11.5 Å². The van der Waals surface area contributed by atoms with Gasteiger partial charge in [0.05, 0.1) is 23.6 Å². The molecule has 1 fully saturated rings. The Bertz CT molecular complexity index is 1220. The molecule has 31 heavy (non-hydrogen) atoms. The Morgan fingerprint density at radius 2 is 2.00 bits per heavy atom. The van der Waals surface area contributed by atoms with Crippen molar-refractivity contribution in [3.8, 4) is 0 Å². The Kier molecular flexibility index (Phi) is 4.65. The summed E-state index contributed by atoms with van der Waals surface area (Å²) in [4.78, 5) is 45.3. The summed E-state index contributed by atoms with van der Waals surface area (Å²) in [6.07, 6.45) is 0.342. The van der Waals surface area contributed by atoms with Crippen LogP contribution in [0.1, 0.15) is 33.5 Å². The fourth-order valence-corrected chi connectivity index (χ4v) is 5.41. The van der Waals surface area contributed by atoms with Crippen molar-refractivity contribution < 1.29 is 19.5 Å². The van der Waals surface area contributed by atoms with E-state index in [0.29, 0.717) is 28.7 Å². The van der Waals surface area contributed by atoms with Gasteiger partial charge in [-0.15, -0.1) is 22.7 Å². The fourth-order valence-electron chi connectivity index (χ4n) is 3.79. The van der Waals surface area contributed by atoms with E-state index in [0.717, 1.165) is 11.4 Å². The Hall–Kier alpha value is -3.08. The second-order valence-electron chi connectivity index (χ2n) is 7.52. The molecule has 5 rings (SSSR count). The molecule has 0 saturated carbocycles. The van der Waals surface area contributed by atoms with Gasteiger partial charge < -0.3 is 15.3 Å². The van der Waals surface area contributed by atoms with Crippen molar-refractivity contribution in [1.82, 2.24) is 4.98 Å². The van der Waals surface area contributed by atoms with E-state index in [9.17, 15) is 19.5 Å². The van der Waals surface area contributed by atoms with Crippen molar-refractivity contribution >= 4 is 62.5 Å². The molecule has 10 heteroatoms. The van der Waals surface area contributed by atoms with Crippen LogP contribution in [-0.2, 0) is 4.79 Å². The van der Waals surface area contributed by atoms with Crippen LogP contribution in [0.25, 0.3) is 0 Å². The number of ketones is 1. The lowest BCUT2D eigenvalue weighted by Gasteiger charge is -2.27. The predicted molar refractivity (Wildman–Crippen MR) is 120 cm³/mol. The van der Waals surface area contributed by atoms with Crippen LogP contribution in [0.5, 0.6) is 0 Å². The molecule has 0 radical (unpaired) electrons. The molecule has 1 unspecified atom stereocenters. The molecule has 8 nitrogen and oxygen atoms in total. The van der Waals surface area contributed by atoms with Crippen molar-refractivity contribution in [2.45, 2.75) is 18.9 Å². The number of amides is 2. The highest BCUT2D eigenvalue weighted by Crippen LogP contribution is 2.43. The maximum absolute atomic E-state index is 12.8. The standard InChI is InChI=1S/C21H18N4O4S2/c1-12(26)21(29)7-8-24(11-21)15-5-3-2-4-13(15)22-18(27)14-10-31-20(23-14)25-16-6-9-30-17(16)19(25)28/h2-6,9-10,29H,7-8,11H2,1H3,(H,22,27). The highest BCUT2D eigenvalue weighted by molar-refractivity contribution is 7.16. The summed E-state index contributed by atoms with van der Waals surface area (Å²) in [5, 5.41) is 17.3. The van der Waals surface area contributed by atoms with E-state index in [2.05, 4.69) is 10.3 Å². The number of thiazole rings is 1. The van der Waals surface area contributed by atoms with Crippen LogP contribution in [0.2, 0.25) is 0 Å². The van der Waals surface area contributed by atoms with Crippen molar-refractivity contribution in [2.75, 3.05) is 28.2 Å². The molecule has 3 aromatic rings. The highest BCUT2D eigenvalue weighted by atomic mass is 32.1. The van der Waals surface area contributed by atoms with Gasteiger partial charge in [0.1, 0.15) is 16.2 Å². The average molecular weight is 455 g/mol. The molecule has 158 valence electrons. The van der Waals surface area contributed by atoms with E-state index in [1.807, 2.05) is 28.5 Å². The van der Waals surface area contributed by atoms with Gasteiger partial charge in [-0.1, -0.05) is 12.1 Å². The minimum absolute atomic E-state index is 0.108. The van der Waals surface area contributed by atoms with Gasteiger partial charge in [0.2, 0.25) is 0 Å². The molecular formula is C21H18N4O4S2. The fraction of sp³-hybridized carbons (Fsp3) is 0.238. The first-order valence-electron chi connectivity index (χ1n) is 9.63. The zero-order chi connectivity index (χ0) is 21.8. The molecule has 1 saturated heterocycles. The number of fused-ring (bicyclic) bond motifs is 1. The SMILES string of the molecule is CC(=O)C1(O)CCN(c2ccccc2NC(=O)c2csc(N3C(=O)c4sccc43)n2)C1. The molecule has 1 atom stereocenters. The molecule has 2 amide bonds. The largest absolute Gasteiger partial charge is 0.380 e. The van der Waals surface area contributed by atoms with Crippen LogP contribution >= 0.6 is 22.7 Å². The van der Waals surface area contributed by atoms with Gasteiger partial charge in [-0.2, -0.15) is 0 Å². The first-order chi connectivity index (χ1) is 14.9. The van der Waals surface area contributed by atoms with Crippen LogP contribution in [-0.4, -0.2) is 46.4 Å². The van der Waals surface area contributed by atoms with Crippen LogP contribution in [0.15, 0.2) is 41.1 Å². The molecule has 0 bridgehead atoms. The number of thiophene rings is 1. The summed E-state index contributed by atoms with van der Waals surface area (Å²) in [5.41, 5.74) is 0.950. The molecular weight excluding hydrogens is 436 g/mol.